The largest absolute Gasteiger partial charge is 0.386 e. The molecule has 0 aliphatic carbocycles. The van der Waals surface area contributed by atoms with E-state index in [1.807, 2.05) is 30.3 Å². The molecule has 5 heteroatoms. The van der Waals surface area contributed by atoms with Gasteiger partial charge in [-0.1, -0.05) is 30.3 Å². The Morgan fingerprint density at radius 3 is 2.71 bits per heavy atom. The molecule has 0 amide bonds. The summed E-state index contributed by atoms with van der Waals surface area (Å²) in [4.78, 5) is 0. The Morgan fingerprint density at radius 1 is 1.29 bits per heavy atom. The van der Waals surface area contributed by atoms with E-state index in [1.165, 1.54) is 11.0 Å². The summed E-state index contributed by atoms with van der Waals surface area (Å²) in [6.07, 6.45) is 0.909. The Bertz CT molecular complexity index is 373. The Kier molecular flexibility index (Phi) is 2.51. The van der Waals surface area contributed by atoms with Crippen LogP contribution in [0.5, 0.6) is 0 Å². The SMILES string of the molecule is OC(Cn1cnnn1)c1ccccc1. The number of aliphatic hydroxyl groups excluding tert-OH is 1. The molecule has 0 bridgehead atoms. The van der Waals surface area contributed by atoms with Gasteiger partial charge in [-0.15, -0.1) is 5.10 Å². The first-order chi connectivity index (χ1) is 6.86. The molecule has 1 heterocycles. The smallest absolute Gasteiger partial charge is 0.138 e. The van der Waals surface area contributed by atoms with Gasteiger partial charge in [-0.25, -0.2) is 4.68 Å². The molecule has 1 N–H and O–H groups in total. The first-order valence-corrected chi connectivity index (χ1v) is 4.30. The number of aromatic nitrogens is 4. The van der Waals surface area contributed by atoms with E-state index in [9.17, 15) is 5.11 Å². The second kappa shape index (κ2) is 3.97. The molecule has 1 aromatic heterocycles. The molecule has 5 nitrogen and oxygen atoms in total. The third-order valence-corrected chi connectivity index (χ3v) is 1.94. The number of nitrogens with zero attached hydrogens (tertiary/aromatic N) is 4. The van der Waals surface area contributed by atoms with Crippen LogP contribution in [0.1, 0.15) is 11.7 Å². The molecule has 0 aliphatic heterocycles. The van der Waals surface area contributed by atoms with Gasteiger partial charge in [0.2, 0.25) is 0 Å². The fourth-order valence-corrected chi connectivity index (χ4v) is 1.22. The van der Waals surface area contributed by atoms with E-state index >= 15 is 0 Å². The van der Waals surface area contributed by atoms with Crippen molar-refractivity contribution in [3.05, 3.63) is 42.2 Å². The van der Waals surface area contributed by atoms with Gasteiger partial charge in [0, 0.05) is 0 Å². The lowest BCUT2D eigenvalue weighted by Crippen LogP contribution is -2.09. The number of tetrazole rings is 1. The standard InChI is InChI=1S/C9H10N4O/c14-9(6-13-7-10-11-12-13)8-4-2-1-3-5-8/h1-5,7,9,14H,6H2. The van der Waals surface area contributed by atoms with Gasteiger partial charge in [0.25, 0.3) is 0 Å². The maximum atomic E-state index is 9.78. The first-order valence-electron chi connectivity index (χ1n) is 4.30. The topological polar surface area (TPSA) is 63.8 Å². The van der Waals surface area contributed by atoms with Crippen molar-refractivity contribution in [3.63, 3.8) is 0 Å². The van der Waals surface area contributed by atoms with Gasteiger partial charge in [0.15, 0.2) is 0 Å². The monoisotopic (exact) mass is 190 g/mol. The highest BCUT2D eigenvalue weighted by Gasteiger charge is 2.07. The first kappa shape index (κ1) is 8.83. The predicted octanol–water partition coefficient (Wildman–Crippen LogP) is 0.407. The van der Waals surface area contributed by atoms with Crippen LogP contribution in [0.25, 0.3) is 0 Å². The second-order valence-electron chi connectivity index (χ2n) is 2.96. The molecule has 72 valence electrons. The number of hydrogen-bond donors (Lipinski definition) is 1. The van der Waals surface area contributed by atoms with Crippen molar-refractivity contribution in [2.45, 2.75) is 12.6 Å². The molecule has 0 aliphatic rings. The summed E-state index contributed by atoms with van der Waals surface area (Å²) in [7, 11) is 0. The third-order valence-electron chi connectivity index (χ3n) is 1.94. The second-order valence-corrected chi connectivity index (χ2v) is 2.96. The van der Waals surface area contributed by atoms with E-state index in [4.69, 9.17) is 0 Å². The van der Waals surface area contributed by atoms with E-state index < -0.39 is 6.10 Å². The molecule has 0 saturated carbocycles. The molecule has 2 aromatic rings. The number of rotatable bonds is 3. The van der Waals surface area contributed by atoms with Crippen LogP contribution in [-0.2, 0) is 6.54 Å². The molecular formula is C9H10N4O. The number of hydrogen-bond acceptors (Lipinski definition) is 4. The van der Waals surface area contributed by atoms with Gasteiger partial charge >= 0.3 is 0 Å². The van der Waals surface area contributed by atoms with E-state index in [-0.39, 0.29) is 0 Å². The van der Waals surface area contributed by atoms with Crippen molar-refractivity contribution in [2.75, 3.05) is 0 Å². The number of benzene rings is 1. The molecule has 1 atom stereocenters. The molecule has 0 spiro atoms. The summed E-state index contributed by atoms with van der Waals surface area (Å²) in [5, 5.41) is 20.4. The van der Waals surface area contributed by atoms with Crippen LogP contribution in [-0.4, -0.2) is 25.3 Å². The lowest BCUT2D eigenvalue weighted by Gasteiger charge is -2.09. The summed E-state index contributed by atoms with van der Waals surface area (Å²) in [6.45, 7) is 0.372. The van der Waals surface area contributed by atoms with Crippen LogP contribution in [0.3, 0.4) is 0 Å². The van der Waals surface area contributed by atoms with Gasteiger partial charge in [-0.2, -0.15) is 0 Å². The predicted molar refractivity (Wildman–Crippen MR) is 49.2 cm³/mol. The summed E-state index contributed by atoms with van der Waals surface area (Å²) < 4.78 is 1.50. The maximum absolute atomic E-state index is 9.78. The highest BCUT2D eigenvalue weighted by atomic mass is 16.3. The van der Waals surface area contributed by atoms with Gasteiger partial charge in [0.05, 0.1) is 12.6 Å². The Labute approximate surface area is 81.0 Å². The van der Waals surface area contributed by atoms with E-state index in [1.54, 1.807) is 0 Å². The van der Waals surface area contributed by atoms with E-state index in [0.717, 1.165) is 5.56 Å². The number of aliphatic hydroxyl groups is 1. The van der Waals surface area contributed by atoms with Crippen molar-refractivity contribution < 1.29 is 5.11 Å². The van der Waals surface area contributed by atoms with Crippen LogP contribution >= 0.6 is 0 Å². The van der Waals surface area contributed by atoms with Crippen molar-refractivity contribution in [3.8, 4) is 0 Å². The molecule has 1 unspecified atom stereocenters. The zero-order valence-electron chi connectivity index (χ0n) is 7.48. The summed E-state index contributed by atoms with van der Waals surface area (Å²) in [5.74, 6) is 0. The van der Waals surface area contributed by atoms with Crippen molar-refractivity contribution in [1.82, 2.24) is 20.2 Å². The van der Waals surface area contributed by atoms with Crippen LogP contribution in [0, 0.1) is 0 Å². The maximum Gasteiger partial charge on any atom is 0.138 e. The summed E-state index contributed by atoms with van der Waals surface area (Å²) >= 11 is 0. The molecule has 14 heavy (non-hydrogen) atoms. The minimum absolute atomic E-state index is 0.372. The molecule has 1 aromatic carbocycles. The van der Waals surface area contributed by atoms with Gasteiger partial charge in [-0.3, -0.25) is 0 Å². The Morgan fingerprint density at radius 2 is 2.07 bits per heavy atom. The van der Waals surface area contributed by atoms with E-state index in [2.05, 4.69) is 15.5 Å². The zero-order chi connectivity index (χ0) is 9.80. The Balaban J connectivity index is 2.07. The average Bonchev–Trinajstić information content (AvgIpc) is 2.72. The average molecular weight is 190 g/mol. The minimum Gasteiger partial charge on any atom is -0.386 e. The van der Waals surface area contributed by atoms with Crippen LogP contribution in [0.4, 0.5) is 0 Å². The highest BCUT2D eigenvalue weighted by molar-refractivity contribution is 5.16. The zero-order valence-corrected chi connectivity index (χ0v) is 7.48. The van der Waals surface area contributed by atoms with Gasteiger partial charge in [0.1, 0.15) is 6.33 Å². The lowest BCUT2D eigenvalue weighted by atomic mass is 10.1. The third kappa shape index (κ3) is 1.94. The highest BCUT2D eigenvalue weighted by Crippen LogP contribution is 2.12. The van der Waals surface area contributed by atoms with Gasteiger partial charge < -0.3 is 5.11 Å². The van der Waals surface area contributed by atoms with Crippen LogP contribution < -0.4 is 0 Å². The van der Waals surface area contributed by atoms with Gasteiger partial charge in [-0.05, 0) is 16.0 Å². The fourth-order valence-electron chi connectivity index (χ4n) is 1.22. The quantitative estimate of drug-likeness (QED) is 0.761. The fraction of sp³-hybridized carbons (Fsp3) is 0.222. The van der Waals surface area contributed by atoms with Crippen molar-refractivity contribution in [1.29, 1.82) is 0 Å². The molecule has 2 rings (SSSR count). The summed E-state index contributed by atoms with van der Waals surface area (Å²) in [6, 6.07) is 9.42. The summed E-state index contributed by atoms with van der Waals surface area (Å²) in [5.41, 5.74) is 0.864. The molecule has 0 radical (unpaired) electrons. The normalized spacial score (nSPS) is 12.6. The molecule has 0 fully saturated rings. The van der Waals surface area contributed by atoms with Crippen molar-refractivity contribution in [2.24, 2.45) is 0 Å². The Hall–Kier alpha value is -1.75. The molecule has 0 saturated heterocycles. The van der Waals surface area contributed by atoms with Crippen molar-refractivity contribution >= 4 is 0 Å². The van der Waals surface area contributed by atoms with E-state index in [0.29, 0.717) is 6.54 Å². The van der Waals surface area contributed by atoms with Crippen LogP contribution in [0.15, 0.2) is 36.7 Å². The molecular weight excluding hydrogens is 180 g/mol. The lowest BCUT2D eigenvalue weighted by molar-refractivity contribution is 0.150. The van der Waals surface area contributed by atoms with Crippen LogP contribution in [0.2, 0.25) is 0 Å². The minimum atomic E-state index is -0.570.